The predicted molar refractivity (Wildman–Crippen MR) is 88.8 cm³/mol. The van der Waals surface area contributed by atoms with Crippen molar-refractivity contribution in [3.63, 3.8) is 0 Å². The van der Waals surface area contributed by atoms with Crippen LogP contribution in [0.1, 0.15) is 44.9 Å². The fourth-order valence-electron chi connectivity index (χ4n) is 3.62. The first kappa shape index (κ1) is 15.4. The minimum atomic E-state index is -0.0674. The number of hydrogen-bond donors (Lipinski definition) is 0. The molecule has 128 valence electrons. The van der Waals surface area contributed by atoms with E-state index in [0.717, 1.165) is 62.5 Å². The van der Waals surface area contributed by atoms with E-state index in [4.69, 9.17) is 0 Å². The SMILES string of the molecule is CCCCC1(C(=O)N2CCn3c(nnc3-c3cn(C)cn3)C2)CC1. The summed E-state index contributed by atoms with van der Waals surface area (Å²) in [6, 6.07) is 0. The highest BCUT2D eigenvalue weighted by Crippen LogP contribution is 2.51. The molecule has 0 bridgehead atoms. The van der Waals surface area contributed by atoms with E-state index in [1.807, 2.05) is 22.7 Å². The Bertz CT molecular complexity index is 757. The van der Waals surface area contributed by atoms with Crippen LogP contribution in [0.15, 0.2) is 12.5 Å². The second kappa shape index (κ2) is 5.72. The summed E-state index contributed by atoms with van der Waals surface area (Å²) in [5, 5.41) is 8.61. The van der Waals surface area contributed by atoms with Crippen molar-refractivity contribution in [2.24, 2.45) is 12.5 Å². The Kier molecular flexibility index (Phi) is 3.66. The number of amides is 1. The molecule has 0 aromatic carbocycles. The van der Waals surface area contributed by atoms with Crippen LogP contribution in [-0.4, -0.2) is 41.7 Å². The Morgan fingerprint density at radius 2 is 2.12 bits per heavy atom. The summed E-state index contributed by atoms with van der Waals surface area (Å²) in [5.41, 5.74) is 0.764. The fourth-order valence-corrected chi connectivity index (χ4v) is 3.62. The number of aromatic nitrogens is 5. The molecule has 0 atom stereocenters. The molecule has 7 heteroatoms. The molecule has 4 rings (SSSR count). The zero-order valence-electron chi connectivity index (χ0n) is 14.4. The number of rotatable bonds is 5. The van der Waals surface area contributed by atoms with E-state index in [-0.39, 0.29) is 5.41 Å². The molecule has 1 fully saturated rings. The molecule has 3 heterocycles. The third-order valence-corrected chi connectivity index (χ3v) is 5.29. The van der Waals surface area contributed by atoms with Gasteiger partial charge in [-0.15, -0.1) is 10.2 Å². The highest BCUT2D eigenvalue weighted by atomic mass is 16.2. The molecule has 0 saturated heterocycles. The highest BCUT2D eigenvalue weighted by molar-refractivity contribution is 5.85. The van der Waals surface area contributed by atoms with Gasteiger partial charge in [-0.1, -0.05) is 19.8 Å². The number of nitrogens with zero attached hydrogens (tertiary/aromatic N) is 6. The molecule has 1 amide bonds. The van der Waals surface area contributed by atoms with E-state index in [1.54, 1.807) is 6.33 Å². The zero-order chi connectivity index (χ0) is 16.7. The third kappa shape index (κ3) is 2.52. The normalized spacial score (nSPS) is 18.5. The van der Waals surface area contributed by atoms with Crippen molar-refractivity contribution in [2.45, 2.75) is 52.1 Å². The predicted octanol–water partition coefficient (Wildman–Crippen LogP) is 1.99. The van der Waals surface area contributed by atoms with E-state index >= 15 is 0 Å². The largest absolute Gasteiger partial charge is 0.340 e. The van der Waals surface area contributed by atoms with Crippen molar-refractivity contribution in [2.75, 3.05) is 6.54 Å². The molecule has 1 aliphatic heterocycles. The van der Waals surface area contributed by atoms with Gasteiger partial charge in [0.2, 0.25) is 5.91 Å². The summed E-state index contributed by atoms with van der Waals surface area (Å²) in [7, 11) is 1.94. The molecular formula is C17H24N6O. The van der Waals surface area contributed by atoms with Crippen molar-refractivity contribution in [1.29, 1.82) is 0 Å². The zero-order valence-corrected chi connectivity index (χ0v) is 14.4. The third-order valence-electron chi connectivity index (χ3n) is 5.29. The second-order valence-corrected chi connectivity index (χ2v) is 7.13. The molecule has 0 radical (unpaired) electrons. The molecular weight excluding hydrogens is 304 g/mol. The second-order valence-electron chi connectivity index (χ2n) is 7.13. The molecule has 1 aliphatic carbocycles. The molecule has 0 unspecified atom stereocenters. The average molecular weight is 328 g/mol. The van der Waals surface area contributed by atoms with Crippen molar-refractivity contribution >= 4 is 5.91 Å². The van der Waals surface area contributed by atoms with E-state index in [0.29, 0.717) is 12.5 Å². The van der Waals surface area contributed by atoms with Crippen molar-refractivity contribution in [3.8, 4) is 11.5 Å². The summed E-state index contributed by atoms with van der Waals surface area (Å²) < 4.78 is 4.00. The van der Waals surface area contributed by atoms with Crippen LogP contribution >= 0.6 is 0 Å². The van der Waals surface area contributed by atoms with Gasteiger partial charge in [-0.2, -0.15) is 0 Å². The average Bonchev–Trinajstić information content (AvgIpc) is 3.07. The van der Waals surface area contributed by atoms with Crippen LogP contribution in [0.5, 0.6) is 0 Å². The Balaban J connectivity index is 1.51. The first-order chi connectivity index (χ1) is 11.6. The number of hydrogen-bond acceptors (Lipinski definition) is 4. The molecule has 1 saturated carbocycles. The maximum absolute atomic E-state index is 12.9. The molecule has 24 heavy (non-hydrogen) atoms. The van der Waals surface area contributed by atoms with Crippen LogP contribution in [0.2, 0.25) is 0 Å². The quantitative estimate of drug-likeness (QED) is 0.842. The number of carbonyl (C=O) groups excluding carboxylic acids is 1. The smallest absolute Gasteiger partial charge is 0.229 e. The fraction of sp³-hybridized carbons (Fsp3) is 0.647. The van der Waals surface area contributed by atoms with Crippen molar-refractivity contribution < 1.29 is 4.79 Å². The lowest BCUT2D eigenvalue weighted by Crippen LogP contribution is -2.42. The van der Waals surface area contributed by atoms with Gasteiger partial charge in [0.15, 0.2) is 11.6 Å². The summed E-state index contributed by atoms with van der Waals surface area (Å²) in [4.78, 5) is 19.3. The number of unbranched alkanes of at least 4 members (excludes halogenated alkanes) is 1. The van der Waals surface area contributed by atoms with Crippen LogP contribution in [0, 0.1) is 5.41 Å². The molecule has 2 aromatic heterocycles. The Hall–Kier alpha value is -2.18. The topological polar surface area (TPSA) is 68.8 Å². The van der Waals surface area contributed by atoms with Crippen LogP contribution in [-0.2, 0) is 24.9 Å². The van der Waals surface area contributed by atoms with Gasteiger partial charge >= 0.3 is 0 Å². The molecule has 2 aliphatic rings. The lowest BCUT2D eigenvalue weighted by Gasteiger charge is -2.31. The van der Waals surface area contributed by atoms with Gasteiger partial charge in [-0.3, -0.25) is 4.79 Å². The molecule has 0 N–H and O–H groups in total. The number of carbonyl (C=O) groups is 1. The molecule has 7 nitrogen and oxygen atoms in total. The lowest BCUT2D eigenvalue weighted by molar-refractivity contribution is -0.139. The van der Waals surface area contributed by atoms with Crippen LogP contribution in [0.25, 0.3) is 11.5 Å². The van der Waals surface area contributed by atoms with Gasteiger partial charge in [0, 0.05) is 31.7 Å². The summed E-state index contributed by atoms with van der Waals surface area (Å²) in [5.74, 6) is 1.98. The Morgan fingerprint density at radius 3 is 2.79 bits per heavy atom. The minimum Gasteiger partial charge on any atom is -0.340 e. The van der Waals surface area contributed by atoms with E-state index < -0.39 is 0 Å². The van der Waals surface area contributed by atoms with Crippen molar-refractivity contribution in [3.05, 3.63) is 18.3 Å². The van der Waals surface area contributed by atoms with Gasteiger partial charge in [-0.25, -0.2) is 4.98 Å². The van der Waals surface area contributed by atoms with Crippen molar-refractivity contribution in [1.82, 2.24) is 29.2 Å². The summed E-state index contributed by atoms with van der Waals surface area (Å²) in [6.07, 6.45) is 9.13. The maximum atomic E-state index is 12.9. The van der Waals surface area contributed by atoms with Gasteiger partial charge in [-0.05, 0) is 19.3 Å². The van der Waals surface area contributed by atoms with Gasteiger partial charge < -0.3 is 14.0 Å². The summed E-state index contributed by atoms with van der Waals surface area (Å²) in [6.45, 7) is 4.22. The number of imidazole rings is 1. The number of aryl methyl sites for hydroxylation is 1. The van der Waals surface area contributed by atoms with Crippen LogP contribution < -0.4 is 0 Å². The molecule has 0 spiro atoms. The van der Waals surface area contributed by atoms with Crippen LogP contribution in [0.3, 0.4) is 0 Å². The minimum absolute atomic E-state index is 0.0674. The Labute approximate surface area is 141 Å². The van der Waals surface area contributed by atoms with E-state index in [1.165, 1.54) is 0 Å². The molecule has 2 aromatic rings. The summed E-state index contributed by atoms with van der Waals surface area (Å²) >= 11 is 0. The van der Waals surface area contributed by atoms with E-state index in [2.05, 4.69) is 26.7 Å². The maximum Gasteiger partial charge on any atom is 0.229 e. The van der Waals surface area contributed by atoms with Gasteiger partial charge in [0.1, 0.15) is 5.69 Å². The van der Waals surface area contributed by atoms with E-state index in [9.17, 15) is 4.79 Å². The van der Waals surface area contributed by atoms with Crippen LogP contribution in [0.4, 0.5) is 0 Å². The Morgan fingerprint density at radius 1 is 1.29 bits per heavy atom. The van der Waals surface area contributed by atoms with Gasteiger partial charge in [0.05, 0.1) is 12.9 Å². The lowest BCUT2D eigenvalue weighted by atomic mass is 9.97. The monoisotopic (exact) mass is 328 g/mol. The first-order valence-corrected chi connectivity index (χ1v) is 8.83. The first-order valence-electron chi connectivity index (χ1n) is 8.83. The standard InChI is InChI=1S/C17H24N6O/c1-3-4-5-17(6-7-17)16(24)22-8-9-23-14(11-22)19-20-15(23)13-10-21(2)12-18-13/h10,12H,3-9,11H2,1-2H3. The highest BCUT2D eigenvalue weighted by Gasteiger charge is 2.51. The number of fused-ring (bicyclic) bond motifs is 1. The van der Waals surface area contributed by atoms with Gasteiger partial charge in [0.25, 0.3) is 0 Å².